The van der Waals surface area contributed by atoms with Crippen LogP contribution in [0.25, 0.3) is 9.75 Å². The number of rotatable bonds is 4. The molecular weight excluding hydrogens is 453 g/mol. The Balaban J connectivity index is 1.80. The van der Waals surface area contributed by atoms with Crippen molar-refractivity contribution in [3.05, 3.63) is 71.4 Å². The molecule has 0 aliphatic carbocycles. The fourth-order valence-corrected chi connectivity index (χ4v) is 19.6. The molecule has 0 atom stereocenters. The van der Waals surface area contributed by atoms with Crippen molar-refractivity contribution in [3.8, 4) is 9.75 Å². The van der Waals surface area contributed by atoms with Crippen LogP contribution in [0.1, 0.15) is 0 Å². The third-order valence-electron chi connectivity index (χ3n) is 5.98. The number of hydrogen-bond donors (Lipinski definition) is 0. The van der Waals surface area contributed by atoms with Gasteiger partial charge in [-0.1, -0.05) is 0 Å². The molecule has 0 bridgehead atoms. The summed E-state index contributed by atoms with van der Waals surface area (Å²) in [7, 11) is 8.43. The second kappa shape index (κ2) is 7.04. The molecule has 1 aliphatic rings. The molecule has 0 N–H and O–H groups in total. The first-order valence-electron chi connectivity index (χ1n) is 9.75. The van der Waals surface area contributed by atoms with Crippen molar-refractivity contribution in [3.63, 3.8) is 0 Å². The molecule has 5 rings (SSSR count). The Hall–Kier alpha value is -2.02. The third-order valence-corrected chi connectivity index (χ3v) is 18.9. The zero-order chi connectivity index (χ0) is 20.2. The van der Waals surface area contributed by atoms with Crippen LogP contribution in [0, 0.1) is 0 Å². The summed E-state index contributed by atoms with van der Waals surface area (Å²) in [5, 5.41) is 4.57. The van der Waals surface area contributed by atoms with Gasteiger partial charge in [0.15, 0.2) is 0 Å². The van der Waals surface area contributed by atoms with Crippen molar-refractivity contribution in [1.29, 1.82) is 0 Å². The Morgan fingerprint density at radius 1 is 0.552 bits per heavy atom. The number of benzene rings is 2. The fourth-order valence-electron chi connectivity index (χ4n) is 4.51. The molecule has 2 nitrogen and oxygen atoms in total. The van der Waals surface area contributed by atoms with E-state index in [0.717, 1.165) is 0 Å². The fraction of sp³-hybridized carbons (Fsp3) is 0.167. The van der Waals surface area contributed by atoms with Crippen LogP contribution in [0.2, 0.25) is 0 Å². The average molecular weight is 477 g/mol. The summed E-state index contributed by atoms with van der Waals surface area (Å²) in [6, 6.07) is 23.5. The van der Waals surface area contributed by atoms with E-state index in [9.17, 15) is 0 Å². The first-order chi connectivity index (χ1) is 14.0. The Morgan fingerprint density at radius 3 is 1.28 bits per heavy atom. The summed E-state index contributed by atoms with van der Waals surface area (Å²) in [6.07, 6.45) is 0. The van der Waals surface area contributed by atoms with Gasteiger partial charge >= 0.3 is 184 Å². The monoisotopic (exact) mass is 478 g/mol. The van der Waals surface area contributed by atoms with Crippen LogP contribution >= 0.6 is 22.7 Å². The molecule has 1 aliphatic heterocycles. The van der Waals surface area contributed by atoms with Gasteiger partial charge in [0, 0.05) is 0 Å². The average Bonchev–Trinajstić information content (AvgIpc) is 3.43. The van der Waals surface area contributed by atoms with Gasteiger partial charge in [-0.3, -0.25) is 0 Å². The topological polar surface area (TPSA) is 6.48 Å². The van der Waals surface area contributed by atoms with Crippen molar-refractivity contribution in [2.75, 3.05) is 38.0 Å². The van der Waals surface area contributed by atoms with Crippen molar-refractivity contribution >= 4 is 64.9 Å². The van der Waals surface area contributed by atoms with Crippen molar-refractivity contribution in [2.45, 2.75) is 0 Å². The Bertz CT molecular complexity index is 1060. The second-order valence-corrected chi connectivity index (χ2v) is 17.6. The SMILES string of the molecule is CN(C)c1cc[c]([Ge]2([c]3ccc(N(C)C)cc3)[c]3ccsc3-c3scc[c]32)cc1. The molecule has 0 radical (unpaired) electrons. The number of hydrogen-bond acceptors (Lipinski definition) is 4. The van der Waals surface area contributed by atoms with E-state index < -0.39 is 13.3 Å². The van der Waals surface area contributed by atoms with Gasteiger partial charge in [-0.2, -0.15) is 0 Å². The van der Waals surface area contributed by atoms with Crippen LogP contribution in [0.3, 0.4) is 0 Å². The molecule has 0 fully saturated rings. The standard InChI is InChI=1S/C24H24GeN2S2/c1-26(2)19-9-5-17(6-10-19)25(18-7-11-20(12-8-18)27(3)4)21-13-15-28-23(21)24-22(25)14-16-29-24/h5-16H,1-4H3. The molecule has 0 saturated heterocycles. The van der Waals surface area contributed by atoms with E-state index in [1.807, 2.05) is 22.7 Å². The van der Waals surface area contributed by atoms with Crippen LogP contribution in [-0.2, 0) is 0 Å². The molecular formula is C24H24GeN2S2. The van der Waals surface area contributed by atoms with Gasteiger partial charge in [0.1, 0.15) is 0 Å². The van der Waals surface area contributed by atoms with E-state index in [0.29, 0.717) is 0 Å². The minimum atomic E-state index is -2.95. The number of anilines is 2. The first kappa shape index (κ1) is 19.0. The van der Waals surface area contributed by atoms with Crippen molar-refractivity contribution in [2.24, 2.45) is 0 Å². The molecule has 0 saturated carbocycles. The normalized spacial score (nSPS) is 13.8. The Labute approximate surface area is 183 Å². The summed E-state index contributed by atoms with van der Waals surface area (Å²) < 4.78 is 6.24. The number of nitrogens with zero attached hydrogens (tertiary/aromatic N) is 2. The Morgan fingerprint density at radius 2 is 0.931 bits per heavy atom. The number of fused-ring (bicyclic) bond motifs is 3. The minimum absolute atomic E-state index is 1.25. The molecule has 29 heavy (non-hydrogen) atoms. The zero-order valence-electron chi connectivity index (χ0n) is 17.1. The molecule has 5 heteroatoms. The van der Waals surface area contributed by atoms with Gasteiger partial charge < -0.3 is 0 Å². The quantitative estimate of drug-likeness (QED) is 0.367. The predicted molar refractivity (Wildman–Crippen MR) is 133 cm³/mol. The summed E-state index contributed by atoms with van der Waals surface area (Å²) in [6.45, 7) is 0. The van der Waals surface area contributed by atoms with Gasteiger partial charge in [0.2, 0.25) is 0 Å². The van der Waals surface area contributed by atoms with Crippen molar-refractivity contribution < 1.29 is 0 Å². The van der Waals surface area contributed by atoms with Crippen LogP contribution in [0.4, 0.5) is 11.4 Å². The van der Waals surface area contributed by atoms with E-state index >= 15 is 0 Å². The van der Waals surface area contributed by atoms with Gasteiger partial charge in [-0.25, -0.2) is 0 Å². The second-order valence-electron chi connectivity index (χ2n) is 7.96. The summed E-state index contributed by atoms with van der Waals surface area (Å²) in [5.74, 6) is 0. The maximum atomic E-state index is 2.41. The first-order valence-corrected chi connectivity index (χ1v) is 15.7. The van der Waals surface area contributed by atoms with E-state index in [1.54, 1.807) is 8.79 Å². The summed E-state index contributed by atoms with van der Waals surface area (Å²) >= 11 is 0.862. The molecule has 3 heterocycles. The van der Waals surface area contributed by atoms with Crippen molar-refractivity contribution in [1.82, 2.24) is 0 Å². The van der Waals surface area contributed by atoms with Crippen LogP contribution in [0.5, 0.6) is 0 Å². The van der Waals surface area contributed by atoms with Gasteiger partial charge in [-0.05, 0) is 0 Å². The van der Waals surface area contributed by atoms with E-state index in [1.165, 1.54) is 29.9 Å². The molecule has 0 spiro atoms. The molecule has 2 aromatic carbocycles. The predicted octanol–water partition coefficient (Wildman–Crippen LogP) is 3.30. The summed E-state index contributed by atoms with van der Waals surface area (Å²) in [5.41, 5.74) is 2.51. The Kier molecular flexibility index (Phi) is 4.61. The van der Waals surface area contributed by atoms with E-state index in [2.05, 4.69) is 109 Å². The number of thiophene rings is 2. The molecule has 4 aromatic rings. The maximum absolute atomic E-state index is 2.95. The van der Waals surface area contributed by atoms with Gasteiger partial charge in [0.05, 0.1) is 0 Å². The molecule has 146 valence electrons. The van der Waals surface area contributed by atoms with Crippen LogP contribution < -0.4 is 27.4 Å². The molecule has 2 aromatic heterocycles. The third kappa shape index (κ3) is 2.73. The van der Waals surface area contributed by atoms with E-state index in [4.69, 9.17) is 0 Å². The van der Waals surface area contributed by atoms with Crippen LogP contribution in [-0.4, -0.2) is 41.5 Å². The molecule has 0 amide bonds. The van der Waals surface area contributed by atoms with Gasteiger partial charge in [-0.15, -0.1) is 0 Å². The zero-order valence-corrected chi connectivity index (χ0v) is 20.9. The van der Waals surface area contributed by atoms with Crippen LogP contribution in [0.15, 0.2) is 71.4 Å². The van der Waals surface area contributed by atoms with E-state index in [-0.39, 0.29) is 0 Å². The summed E-state index contributed by atoms with van der Waals surface area (Å²) in [4.78, 5) is 7.36. The van der Waals surface area contributed by atoms with Gasteiger partial charge in [0.25, 0.3) is 0 Å². The molecule has 0 unspecified atom stereocenters.